The molecule has 1 aliphatic rings. The molecule has 0 amide bonds. The highest BCUT2D eigenvalue weighted by Gasteiger charge is 2.42. The van der Waals surface area contributed by atoms with Crippen LogP contribution >= 0.6 is 12.2 Å². The molecule has 1 saturated heterocycles. The summed E-state index contributed by atoms with van der Waals surface area (Å²) < 4.78 is 2.37. The van der Waals surface area contributed by atoms with Gasteiger partial charge in [-0.05, 0) is 76.9 Å². The Morgan fingerprint density at radius 1 is 1.00 bits per heavy atom. The molecule has 0 saturated carbocycles. The largest absolute Gasteiger partial charge is 0.352 e. The maximum absolute atomic E-state index is 5.83. The summed E-state index contributed by atoms with van der Waals surface area (Å²) in [6.45, 7) is 8.46. The Morgan fingerprint density at radius 3 is 2.35 bits per heavy atom. The van der Waals surface area contributed by atoms with Crippen LogP contribution in [0.3, 0.4) is 0 Å². The number of para-hydroxylation sites is 1. The van der Waals surface area contributed by atoms with Crippen molar-refractivity contribution < 1.29 is 0 Å². The first kappa shape index (κ1) is 21.5. The van der Waals surface area contributed by atoms with Gasteiger partial charge in [0.2, 0.25) is 0 Å². The lowest BCUT2D eigenvalue weighted by atomic mass is 9.93. The number of hydrogen-bond acceptors (Lipinski definition) is 3. The summed E-state index contributed by atoms with van der Waals surface area (Å²) in [5.74, 6) is 0. The lowest BCUT2D eigenvalue weighted by Gasteiger charge is -2.29. The molecule has 4 rings (SSSR count). The Morgan fingerprint density at radius 2 is 1.71 bits per heavy atom. The monoisotopic (exact) mass is 433 g/mol. The molecule has 0 bridgehead atoms. The first-order valence-electron chi connectivity index (χ1n) is 10.8. The number of nitrogens with zero attached hydrogens (tertiary/aromatic N) is 4. The summed E-state index contributed by atoms with van der Waals surface area (Å²) in [5.41, 5.74) is 7.38. The van der Waals surface area contributed by atoms with E-state index < -0.39 is 0 Å². The van der Waals surface area contributed by atoms with Crippen LogP contribution in [0.5, 0.6) is 0 Å². The third kappa shape index (κ3) is 3.98. The summed E-state index contributed by atoms with van der Waals surface area (Å²) in [7, 11) is 4.20. The predicted molar refractivity (Wildman–Crippen MR) is 131 cm³/mol. The SMILES string of the molecule is Cc1c(C2C(c3ccccn3)NC(=S)N2CCN(C)C)c(C)n(-c2ccccc2)c1C. The standard InChI is InChI=1S/C25H31N5S/c1-17-18(2)30(20-11-7-6-8-12-20)19(3)22(17)24-23(21-13-9-10-14-26-21)27-25(31)29(24)16-15-28(4)5/h6-14,23-24H,15-16H2,1-5H3,(H,27,31). The van der Waals surface area contributed by atoms with Crippen molar-refractivity contribution in [3.05, 3.63) is 82.9 Å². The zero-order valence-corrected chi connectivity index (χ0v) is 19.8. The van der Waals surface area contributed by atoms with Crippen LogP contribution in [0.2, 0.25) is 0 Å². The van der Waals surface area contributed by atoms with Crippen molar-refractivity contribution in [2.45, 2.75) is 32.9 Å². The van der Waals surface area contributed by atoms with Crippen LogP contribution in [0, 0.1) is 20.8 Å². The molecular formula is C25H31N5S. The Bertz CT molecular complexity index is 1060. The smallest absolute Gasteiger partial charge is 0.170 e. The minimum absolute atomic E-state index is 0.0132. The highest BCUT2D eigenvalue weighted by Crippen LogP contribution is 2.43. The third-order valence-corrected chi connectivity index (χ3v) is 6.66. The summed E-state index contributed by atoms with van der Waals surface area (Å²) in [6, 6.07) is 16.8. The molecule has 3 aromatic rings. The van der Waals surface area contributed by atoms with Gasteiger partial charge in [-0.25, -0.2) is 0 Å². The van der Waals surface area contributed by atoms with Gasteiger partial charge in [-0.3, -0.25) is 4.98 Å². The van der Waals surface area contributed by atoms with Gasteiger partial charge >= 0.3 is 0 Å². The second kappa shape index (κ2) is 8.81. The normalized spacial score (nSPS) is 18.6. The van der Waals surface area contributed by atoms with E-state index in [2.05, 4.69) is 95.9 Å². The number of nitrogens with one attached hydrogen (secondary N) is 1. The quantitative estimate of drug-likeness (QED) is 0.586. The van der Waals surface area contributed by atoms with E-state index in [0.717, 1.165) is 23.9 Å². The number of rotatable bonds is 6. The van der Waals surface area contributed by atoms with Gasteiger partial charge < -0.3 is 19.7 Å². The fourth-order valence-corrected chi connectivity index (χ4v) is 5.01. The van der Waals surface area contributed by atoms with Crippen LogP contribution in [-0.4, -0.2) is 51.6 Å². The number of likely N-dealkylation sites (N-methyl/N-ethyl adjacent to an activating group) is 1. The Labute approximate surface area is 190 Å². The molecule has 0 radical (unpaired) electrons. The molecule has 5 nitrogen and oxygen atoms in total. The van der Waals surface area contributed by atoms with Gasteiger partial charge in [-0.2, -0.15) is 0 Å². The van der Waals surface area contributed by atoms with E-state index >= 15 is 0 Å². The highest BCUT2D eigenvalue weighted by molar-refractivity contribution is 7.80. The fraction of sp³-hybridized carbons (Fsp3) is 0.360. The average Bonchev–Trinajstić information content (AvgIpc) is 3.20. The lowest BCUT2D eigenvalue weighted by Crippen LogP contribution is -2.35. The van der Waals surface area contributed by atoms with E-state index in [1.807, 2.05) is 18.3 Å². The number of thiocarbonyl (C=S) groups is 1. The van der Waals surface area contributed by atoms with Crippen LogP contribution in [0.4, 0.5) is 0 Å². The van der Waals surface area contributed by atoms with Gasteiger partial charge in [0.15, 0.2) is 5.11 Å². The van der Waals surface area contributed by atoms with Crippen LogP contribution < -0.4 is 5.32 Å². The number of pyridine rings is 1. The van der Waals surface area contributed by atoms with Gasteiger partial charge in [-0.1, -0.05) is 24.3 Å². The van der Waals surface area contributed by atoms with Crippen LogP contribution in [0.1, 0.15) is 40.3 Å². The zero-order valence-electron chi connectivity index (χ0n) is 19.0. The maximum Gasteiger partial charge on any atom is 0.170 e. The molecule has 6 heteroatoms. The van der Waals surface area contributed by atoms with E-state index in [1.54, 1.807) is 0 Å². The topological polar surface area (TPSA) is 36.3 Å². The predicted octanol–water partition coefficient (Wildman–Crippen LogP) is 4.33. The van der Waals surface area contributed by atoms with Gasteiger partial charge in [0.1, 0.15) is 0 Å². The molecule has 1 N–H and O–H groups in total. The third-order valence-electron chi connectivity index (χ3n) is 6.30. The van der Waals surface area contributed by atoms with Crippen LogP contribution in [0.15, 0.2) is 54.7 Å². The van der Waals surface area contributed by atoms with Gasteiger partial charge in [0.25, 0.3) is 0 Å². The fourth-order valence-electron chi connectivity index (χ4n) is 4.67. The van der Waals surface area contributed by atoms with E-state index in [-0.39, 0.29) is 12.1 Å². The Kier molecular flexibility index (Phi) is 6.12. The summed E-state index contributed by atoms with van der Waals surface area (Å²) >= 11 is 5.83. The number of aromatic nitrogens is 2. The van der Waals surface area contributed by atoms with Crippen molar-refractivity contribution >= 4 is 17.3 Å². The molecule has 2 unspecified atom stereocenters. The van der Waals surface area contributed by atoms with Gasteiger partial charge in [0, 0.05) is 41.9 Å². The molecule has 1 aliphatic heterocycles. The molecule has 3 heterocycles. The molecule has 2 aromatic heterocycles. The minimum Gasteiger partial charge on any atom is -0.352 e. The molecular weight excluding hydrogens is 402 g/mol. The van der Waals surface area contributed by atoms with E-state index in [9.17, 15) is 0 Å². The molecule has 2 atom stereocenters. The Hall–Kier alpha value is -2.70. The second-order valence-corrected chi connectivity index (χ2v) is 8.89. The van der Waals surface area contributed by atoms with Gasteiger partial charge in [0.05, 0.1) is 17.8 Å². The van der Waals surface area contributed by atoms with Crippen LogP contribution in [-0.2, 0) is 0 Å². The van der Waals surface area contributed by atoms with Crippen molar-refractivity contribution in [3.63, 3.8) is 0 Å². The van der Waals surface area contributed by atoms with Gasteiger partial charge in [-0.15, -0.1) is 0 Å². The van der Waals surface area contributed by atoms with E-state index in [0.29, 0.717) is 0 Å². The van der Waals surface area contributed by atoms with Crippen molar-refractivity contribution in [3.8, 4) is 5.69 Å². The first-order chi connectivity index (χ1) is 14.9. The summed E-state index contributed by atoms with van der Waals surface area (Å²) in [6.07, 6.45) is 1.86. The lowest BCUT2D eigenvalue weighted by molar-refractivity contribution is 0.276. The van der Waals surface area contributed by atoms with E-state index in [1.165, 1.54) is 28.2 Å². The molecule has 1 aromatic carbocycles. The van der Waals surface area contributed by atoms with Crippen molar-refractivity contribution in [1.29, 1.82) is 0 Å². The molecule has 31 heavy (non-hydrogen) atoms. The molecule has 1 fully saturated rings. The van der Waals surface area contributed by atoms with Crippen molar-refractivity contribution in [1.82, 2.24) is 24.7 Å². The average molecular weight is 434 g/mol. The summed E-state index contributed by atoms with van der Waals surface area (Å²) in [4.78, 5) is 9.23. The van der Waals surface area contributed by atoms with E-state index in [4.69, 9.17) is 12.2 Å². The second-order valence-electron chi connectivity index (χ2n) is 8.50. The van der Waals surface area contributed by atoms with Crippen molar-refractivity contribution in [2.75, 3.05) is 27.2 Å². The highest BCUT2D eigenvalue weighted by atomic mass is 32.1. The summed E-state index contributed by atoms with van der Waals surface area (Å²) in [5, 5.41) is 4.38. The number of hydrogen-bond donors (Lipinski definition) is 1. The van der Waals surface area contributed by atoms with Crippen molar-refractivity contribution in [2.24, 2.45) is 0 Å². The molecule has 0 aliphatic carbocycles. The molecule has 162 valence electrons. The maximum atomic E-state index is 5.83. The zero-order chi connectivity index (χ0) is 22.1. The van der Waals surface area contributed by atoms with Crippen LogP contribution in [0.25, 0.3) is 5.69 Å². The molecule has 0 spiro atoms. The Balaban J connectivity index is 1.86. The number of benzene rings is 1. The minimum atomic E-state index is 0.0132. The first-order valence-corrected chi connectivity index (χ1v) is 11.2.